The maximum atomic E-state index is 13.0. The third-order valence-electron chi connectivity index (χ3n) is 6.27. The molecule has 188 valence electrons. The van der Waals surface area contributed by atoms with Crippen LogP contribution in [0.15, 0.2) is 42.5 Å². The molecule has 0 radical (unpaired) electrons. The number of nitro benzene ring substituents is 1. The average Bonchev–Trinajstić information content (AvgIpc) is 3.36. The van der Waals surface area contributed by atoms with Gasteiger partial charge in [-0.2, -0.15) is 13.2 Å². The van der Waals surface area contributed by atoms with E-state index in [9.17, 15) is 28.1 Å². The van der Waals surface area contributed by atoms with E-state index < -0.39 is 22.4 Å². The fourth-order valence-corrected chi connectivity index (χ4v) is 4.37. The standard InChI is InChI=1S/C24H26F3N3O5/c25-24(26,27)17-6-7-21(22(13-17)30(32)33)29-10-8-16(9-11-29)23(31)28-18-3-1-4-19(14-18)35-15-20-5-2-12-34-20/h1,3-4,6-7,13-14,16,20H,2,5,8-12,15H2,(H,28,31). The van der Waals surface area contributed by atoms with Gasteiger partial charge in [-0.1, -0.05) is 6.07 Å². The second-order valence-corrected chi connectivity index (χ2v) is 8.68. The number of halogens is 3. The molecule has 2 aliphatic heterocycles. The molecule has 1 atom stereocenters. The van der Waals surface area contributed by atoms with Crippen LogP contribution in [0.1, 0.15) is 31.2 Å². The lowest BCUT2D eigenvalue weighted by Gasteiger charge is -2.32. The molecular weight excluding hydrogens is 467 g/mol. The van der Waals surface area contributed by atoms with Crippen molar-refractivity contribution in [2.75, 3.05) is 36.5 Å². The Morgan fingerprint density at radius 3 is 2.60 bits per heavy atom. The highest BCUT2D eigenvalue weighted by Crippen LogP contribution is 2.37. The molecule has 0 aromatic heterocycles. The van der Waals surface area contributed by atoms with Crippen molar-refractivity contribution in [1.29, 1.82) is 0 Å². The van der Waals surface area contributed by atoms with E-state index in [0.29, 0.717) is 50.0 Å². The van der Waals surface area contributed by atoms with E-state index >= 15 is 0 Å². The van der Waals surface area contributed by atoms with Crippen molar-refractivity contribution >= 4 is 23.0 Å². The van der Waals surface area contributed by atoms with Crippen LogP contribution < -0.4 is 15.0 Å². The summed E-state index contributed by atoms with van der Waals surface area (Å²) in [4.78, 5) is 25.0. The van der Waals surface area contributed by atoms with Crippen molar-refractivity contribution in [2.45, 2.75) is 38.0 Å². The number of amides is 1. The molecule has 1 unspecified atom stereocenters. The lowest BCUT2D eigenvalue weighted by atomic mass is 9.95. The van der Waals surface area contributed by atoms with E-state index in [1.54, 1.807) is 29.2 Å². The van der Waals surface area contributed by atoms with Crippen LogP contribution in [0.5, 0.6) is 5.75 Å². The fourth-order valence-electron chi connectivity index (χ4n) is 4.37. The highest BCUT2D eigenvalue weighted by Gasteiger charge is 2.35. The minimum atomic E-state index is -4.67. The third kappa shape index (κ3) is 6.21. The number of carbonyl (C=O) groups is 1. The molecule has 1 amide bonds. The molecule has 35 heavy (non-hydrogen) atoms. The molecule has 0 aliphatic carbocycles. The minimum Gasteiger partial charge on any atom is -0.491 e. The van der Waals surface area contributed by atoms with Crippen molar-refractivity contribution in [1.82, 2.24) is 0 Å². The molecule has 0 saturated carbocycles. The summed E-state index contributed by atoms with van der Waals surface area (Å²) in [5, 5.41) is 14.3. The number of nitro groups is 1. The Labute approximate surface area is 200 Å². The van der Waals surface area contributed by atoms with Crippen LogP contribution in [0.4, 0.5) is 30.2 Å². The molecule has 2 aromatic carbocycles. The number of rotatable bonds is 7. The van der Waals surface area contributed by atoms with Crippen molar-refractivity contribution in [3.8, 4) is 5.75 Å². The van der Waals surface area contributed by atoms with Gasteiger partial charge in [0.1, 0.15) is 18.0 Å². The van der Waals surface area contributed by atoms with Crippen LogP contribution in [-0.4, -0.2) is 43.2 Å². The second kappa shape index (κ2) is 10.5. The predicted molar refractivity (Wildman–Crippen MR) is 123 cm³/mol. The minimum absolute atomic E-state index is 0.0823. The maximum Gasteiger partial charge on any atom is 0.416 e. The maximum absolute atomic E-state index is 13.0. The largest absolute Gasteiger partial charge is 0.491 e. The lowest BCUT2D eigenvalue weighted by Crippen LogP contribution is -2.38. The molecule has 11 heteroatoms. The zero-order valence-corrected chi connectivity index (χ0v) is 18.9. The van der Waals surface area contributed by atoms with Gasteiger partial charge in [0, 0.05) is 43.4 Å². The summed E-state index contributed by atoms with van der Waals surface area (Å²) in [5.41, 5.74) is -0.940. The van der Waals surface area contributed by atoms with E-state index in [-0.39, 0.29) is 23.6 Å². The first-order valence-corrected chi connectivity index (χ1v) is 11.5. The van der Waals surface area contributed by atoms with E-state index in [1.165, 1.54) is 0 Å². The first kappa shape index (κ1) is 24.8. The predicted octanol–water partition coefficient (Wildman–Crippen LogP) is 5.03. The van der Waals surface area contributed by atoms with Crippen LogP contribution in [0.3, 0.4) is 0 Å². The topological polar surface area (TPSA) is 93.9 Å². The summed E-state index contributed by atoms with van der Waals surface area (Å²) in [6, 6.07) is 9.62. The summed E-state index contributed by atoms with van der Waals surface area (Å²) in [5.74, 6) is 0.127. The van der Waals surface area contributed by atoms with Crippen molar-refractivity contribution in [2.24, 2.45) is 5.92 Å². The number of piperidine rings is 1. The van der Waals surface area contributed by atoms with Crippen LogP contribution in [0.25, 0.3) is 0 Å². The SMILES string of the molecule is O=C(Nc1cccc(OCC2CCCO2)c1)C1CCN(c2ccc(C(F)(F)F)cc2[N+](=O)[O-])CC1. The van der Waals surface area contributed by atoms with E-state index in [0.717, 1.165) is 31.6 Å². The Kier molecular flexibility index (Phi) is 7.44. The van der Waals surface area contributed by atoms with Gasteiger partial charge in [0.25, 0.3) is 5.69 Å². The number of anilines is 2. The highest BCUT2D eigenvalue weighted by molar-refractivity contribution is 5.93. The number of hydrogen-bond donors (Lipinski definition) is 1. The Balaban J connectivity index is 1.34. The molecule has 2 saturated heterocycles. The molecule has 2 fully saturated rings. The summed E-state index contributed by atoms with van der Waals surface area (Å²) < 4.78 is 50.2. The first-order chi connectivity index (χ1) is 16.7. The fraction of sp³-hybridized carbons (Fsp3) is 0.458. The quantitative estimate of drug-likeness (QED) is 0.430. The lowest BCUT2D eigenvalue weighted by molar-refractivity contribution is -0.384. The van der Waals surface area contributed by atoms with Gasteiger partial charge in [-0.15, -0.1) is 0 Å². The van der Waals surface area contributed by atoms with Crippen molar-refractivity contribution in [3.63, 3.8) is 0 Å². The number of nitrogens with zero attached hydrogens (tertiary/aromatic N) is 2. The monoisotopic (exact) mass is 493 g/mol. The van der Waals surface area contributed by atoms with Gasteiger partial charge >= 0.3 is 6.18 Å². The number of hydrogen-bond acceptors (Lipinski definition) is 6. The number of carbonyl (C=O) groups excluding carboxylic acids is 1. The molecule has 0 spiro atoms. The zero-order valence-electron chi connectivity index (χ0n) is 18.9. The van der Waals surface area contributed by atoms with Crippen LogP contribution in [0.2, 0.25) is 0 Å². The zero-order chi connectivity index (χ0) is 25.0. The van der Waals surface area contributed by atoms with E-state index in [4.69, 9.17) is 9.47 Å². The van der Waals surface area contributed by atoms with Gasteiger partial charge in [-0.25, -0.2) is 0 Å². The summed E-state index contributed by atoms with van der Waals surface area (Å²) in [6.07, 6.45) is -1.77. The Morgan fingerprint density at radius 1 is 1.17 bits per heavy atom. The molecule has 8 nitrogen and oxygen atoms in total. The van der Waals surface area contributed by atoms with Gasteiger partial charge in [-0.05, 0) is 49.9 Å². The van der Waals surface area contributed by atoms with E-state index in [2.05, 4.69) is 5.32 Å². The van der Waals surface area contributed by atoms with Crippen LogP contribution in [-0.2, 0) is 15.7 Å². The molecule has 2 aromatic rings. The second-order valence-electron chi connectivity index (χ2n) is 8.68. The van der Waals surface area contributed by atoms with Crippen LogP contribution >= 0.6 is 0 Å². The summed E-state index contributed by atoms with van der Waals surface area (Å²) >= 11 is 0. The Hall–Kier alpha value is -3.34. The third-order valence-corrected chi connectivity index (χ3v) is 6.27. The number of benzene rings is 2. The van der Waals surface area contributed by atoms with Crippen molar-refractivity contribution < 1.29 is 32.4 Å². The van der Waals surface area contributed by atoms with Gasteiger partial charge in [-0.3, -0.25) is 14.9 Å². The Morgan fingerprint density at radius 2 is 1.94 bits per heavy atom. The van der Waals surface area contributed by atoms with Gasteiger partial charge in [0.2, 0.25) is 5.91 Å². The molecule has 2 aliphatic rings. The molecule has 2 heterocycles. The highest BCUT2D eigenvalue weighted by atomic mass is 19.4. The van der Waals surface area contributed by atoms with Crippen molar-refractivity contribution in [3.05, 3.63) is 58.1 Å². The normalized spacial score (nSPS) is 18.9. The van der Waals surface area contributed by atoms with Gasteiger partial charge < -0.3 is 19.7 Å². The summed E-state index contributed by atoms with van der Waals surface area (Å²) in [7, 11) is 0. The molecule has 0 bridgehead atoms. The number of alkyl halides is 3. The van der Waals surface area contributed by atoms with Gasteiger partial charge in [0.15, 0.2) is 0 Å². The molecule has 1 N–H and O–H groups in total. The Bertz CT molecular complexity index is 1060. The molecular formula is C24H26F3N3O5. The summed E-state index contributed by atoms with van der Waals surface area (Å²) in [6.45, 7) is 1.82. The first-order valence-electron chi connectivity index (χ1n) is 11.5. The number of nitrogens with one attached hydrogen (secondary N) is 1. The van der Waals surface area contributed by atoms with Gasteiger partial charge in [0.05, 0.1) is 16.6 Å². The number of ether oxygens (including phenoxy) is 2. The average molecular weight is 493 g/mol. The smallest absolute Gasteiger partial charge is 0.416 e. The van der Waals surface area contributed by atoms with Crippen LogP contribution in [0, 0.1) is 16.0 Å². The van der Waals surface area contributed by atoms with E-state index in [1.807, 2.05) is 0 Å². The molecule has 4 rings (SSSR count).